The van der Waals surface area contributed by atoms with Crippen LogP contribution in [0, 0.1) is 12.7 Å². The first-order chi connectivity index (χ1) is 19.8. The van der Waals surface area contributed by atoms with Crippen LogP contribution in [0.5, 0.6) is 17.2 Å². The van der Waals surface area contributed by atoms with Crippen molar-refractivity contribution >= 4 is 10.8 Å². The molecule has 210 valence electrons. The highest BCUT2D eigenvalue weighted by Crippen LogP contribution is 2.43. The van der Waals surface area contributed by atoms with Crippen LogP contribution in [0.3, 0.4) is 0 Å². The summed E-state index contributed by atoms with van der Waals surface area (Å²) in [5.41, 5.74) is 7.54. The lowest BCUT2D eigenvalue weighted by Gasteiger charge is -2.18. The van der Waals surface area contributed by atoms with E-state index in [1.54, 1.807) is 33.5 Å². The number of aliphatic hydroxyl groups excluding tert-OH is 2. The SMILES string of the molecule is COc1cc(-c2cc3cc(CO)c(CO)c(OC)c3c(C)[n+]2C)cc(-c2cccc(-c3ccc(F)cc3)c2)c1OC. The van der Waals surface area contributed by atoms with Crippen LogP contribution >= 0.6 is 0 Å². The largest absolute Gasteiger partial charge is 0.495 e. The number of benzene rings is 4. The third-order valence-corrected chi connectivity index (χ3v) is 7.68. The summed E-state index contributed by atoms with van der Waals surface area (Å²) in [4.78, 5) is 0. The van der Waals surface area contributed by atoms with Crippen molar-refractivity contribution < 1.29 is 33.4 Å². The van der Waals surface area contributed by atoms with Crippen molar-refractivity contribution in [2.45, 2.75) is 20.1 Å². The van der Waals surface area contributed by atoms with E-state index in [0.717, 1.165) is 50.0 Å². The highest BCUT2D eigenvalue weighted by Gasteiger charge is 2.25. The number of fused-ring (bicyclic) bond motifs is 1. The molecule has 6 nitrogen and oxygen atoms in total. The summed E-state index contributed by atoms with van der Waals surface area (Å²) >= 11 is 0. The number of aromatic nitrogens is 1. The summed E-state index contributed by atoms with van der Waals surface area (Å²) in [6.45, 7) is 1.54. The van der Waals surface area contributed by atoms with Gasteiger partial charge in [-0.2, -0.15) is 4.57 Å². The molecule has 0 radical (unpaired) electrons. The van der Waals surface area contributed by atoms with E-state index in [1.807, 2.05) is 50.4 Å². The number of hydrogen-bond acceptors (Lipinski definition) is 5. The summed E-state index contributed by atoms with van der Waals surface area (Å²) in [5.74, 6) is 1.46. The zero-order valence-electron chi connectivity index (χ0n) is 23.8. The lowest BCUT2D eigenvalue weighted by atomic mass is 9.94. The van der Waals surface area contributed by atoms with Crippen molar-refractivity contribution in [1.82, 2.24) is 0 Å². The van der Waals surface area contributed by atoms with Gasteiger partial charge in [0.2, 0.25) is 5.69 Å². The smallest absolute Gasteiger partial charge is 0.213 e. The van der Waals surface area contributed by atoms with Gasteiger partial charge < -0.3 is 24.4 Å². The van der Waals surface area contributed by atoms with Gasteiger partial charge in [0.1, 0.15) is 18.6 Å². The molecule has 1 heterocycles. The number of methoxy groups -OCH3 is 3. The summed E-state index contributed by atoms with van der Waals surface area (Å²) in [6, 6.07) is 22.4. The second kappa shape index (κ2) is 11.6. The third kappa shape index (κ3) is 4.99. The standard InChI is InChI=1S/C34H33FNO5/c1-20-32-25(14-26(18-37)29(19-38)34(32)41-5)16-30(36(20)2)24-15-28(33(40-4)31(17-24)39-3)23-8-6-7-22(13-23)21-9-11-27(35)12-10-21/h6-17,37-38H,18-19H2,1-5H3/q+1. The Hall–Kier alpha value is -4.46. The number of pyridine rings is 1. The fourth-order valence-electron chi connectivity index (χ4n) is 5.51. The lowest BCUT2D eigenvalue weighted by molar-refractivity contribution is -0.665. The molecule has 0 aliphatic rings. The average Bonchev–Trinajstić information content (AvgIpc) is 3.01. The van der Waals surface area contributed by atoms with E-state index in [-0.39, 0.29) is 19.0 Å². The van der Waals surface area contributed by atoms with Gasteiger partial charge in [0.15, 0.2) is 17.2 Å². The van der Waals surface area contributed by atoms with Gasteiger partial charge in [-0.1, -0.05) is 30.3 Å². The van der Waals surface area contributed by atoms with E-state index in [2.05, 4.69) is 16.7 Å². The van der Waals surface area contributed by atoms with Crippen LogP contribution in [-0.4, -0.2) is 31.5 Å². The molecule has 41 heavy (non-hydrogen) atoms. The number of rotatable bonds is 8. The molecule has 0 aliphatic carbocycles. The average molecular weight is 555 g/mol. The molecule has 0 atom stereocenters. The first-order valence-electron chi connectivity index (χ1n) is 13.2. The van der Waals surface area contributed by atoms with Gasteiger partial charge in [-0.3, -0.25) is 0 Å². The Kier molecular flexibility index (Phi) is 7.92. The van der Waals surface area contributed by atoms with E-state index < -0.39 is 0 Å². The topological polar surface area (TPSA) is 72.0 Å². The van der Waals surface area contributed by atoms with Crippen molar-refractivity contribution in [3.8, 4) is 50.8 Å². The molecule has 0 bridgehead atoms. The fourth-order valence-corrected chi connectivity index (χ4v) is 5.51. The second-order valence-electron chi connectivity index (χ2n) is 9.85. The van der Waals surface area contributed by atoms with Crippen molar-refractivity contribution in [3.63, 3.8) is 0 Å². The number of ether oxygens (including phenoxy) is 3. The highest BCUT2D eigenvalue weighted by atomic mass is 19.1. The Balaban J connectivity index is 1.75. The van der Waals surface area contributed by atoms with Gasteiger partial charge in [0.25, 0.3) is 0 Å². The molecule has 0 spiro atoms. The minimum Gasteiger partial charge on any atom is -0.495 e. The van der Waals surface area contributed by atoms with Gasteiger partial charge in [0, 0.05) is 24.1 Å². The zero-order chi connectivity index (χ0) is 29.3. The van der Waals surface area contributed by atoms with Crippen LogP contribution in [-0.2, 0) is 20.3 Å². The number of aliphatic hydroxyl groups is 2. The van der Waals surface area contributed by atoms with E-state index in [1.165, 1.54) is 12.1 Å². The maximum Gasteiger partial charge on any atom is 0.213 e. The molecule has 0 saturated heterocycles. The molecule has 2 N–H and O–H groups in total. The molecular formula is C34H33FNO5+. The first kappa shape index (κ1) is 28.1. The van der Waals surface area contributed by atoms with Crippen LogP contribution in [0.1, 0.15) is 16.8 Å². The van der Waals surface area contributed by atoms with E-state index in [9.17, 15) is 14.6 Å². The van der Waals surface area contributed by atoms with Gasteiger partial charge in [-0.15, -0.1) is 0 Å². The third-order valence-electron chi connectivity index (χ3n) is 7.68. The van der Waals surface area contributed by atoms with Gasteiger partial charge in [-0.25, -0.2) is 4.39 Å². The zero-order valence-corrected chi connectivity index (χ0v) is 23.8. The quantitative estimate of drug-likeness (QED) is 0.226. The highest BCUT2D eigenvalue weighted by molar-refractivity contribution is 5.94. The van der Waals surface area contributed by atoms with Crippen molar-refractivity contribution in [2.24, 2.45) is 7.05 Å². The number of nitrogens with zero attached hydrogens (tertiary/aromatic N) is 1. The maximum absolute atomic E-state index is 13.6. The lowest BCUT2D eigenvalue weighted by Crippen LogP contribution is -2.35. The van der Waals surface area contributed by atoms with E-state index in [0.29, 0.717) is 28.4 Å². The number of halogens is 1. The molecule has 1 aromatic heterocycles. The minimum absolute atomic E-state index is 0.220. The Morgan fingerprint density at radius 3 is 2.07 bits per heavy atom. The molecule has 5 aromatic rings. The van der Waals surface area contributed by atoms with E-state index in [4.69, 9.17) is 14.2 Å². The molecule has 0 fully saturated rings. The van der Waals surface area contributed by atoms with Crippen molar-refractivity contribution in [1.29, 1.82) is 0 Å². The van der Waals surface area contributed by atoms with Gasteiger partial charge >= 0.3 is 0 Å². The van der Waals surface area contributed by atoms with Crippen LogP contribution in [0.15, 0.2) is 72.8 Å². The Bertz CT molecular complexity index is 1750. The summed E-state index contributed by atoms with van der Waals surface area (Å²) < 4.78 is 33.0. The monoisotopic (exact) mass is 554 g/mol. The molecule has 4 aromatic carbocycles. The molecule has 0 unspecified atom stereocenters. The van der Waals surface area contributed by atoms with Crippen LogP contribution in [0.2, 0.25) is 0 Å². The molecule has 0 aliphatic heterocycles. The summed E-state index contributed by atoms with van der Waals surface area (Å²) in [6.07, 6.45) is 0. The summed E-state index contributed by atoms with van der Waals surface area (Å²) in [5, 5.41) is 21.8. The number of aryl methyl sites for hydroxylation is 1. The second-order valence-corrected chi connectivity index (χ2v) is 9.85. The first-order valence-corrected chi connectivity index (χ1v) is 13.2. The fraction of sp³-hybridized carbons (Fsp3) is 0.206. The number of hydrogen-bond donors (Lipinski definition) is 2. The van der Waals surface area contributed by atoms with Gasteiger partial charge in [0.05, 0.1) is 45.5 Å². The van der Waals surface area contributed by atoms with Gasteiger partial charge in [-0.05, 0) is 64.0 Å². The van der Waals surface area contributed by atoms with E-state index >= 15 is 0 Å². The Morgan fingerprint density at radius 1 is 0.732 bits per heavy atom. The summed E-state index contributed by atoms with van der Waals surface area (Å²) in [7, 11) is 6.78. The molecule has 5 rings (SSSR count). The molecule has 0 amide bonds. The van der Waals surface area contributed by atoms with Crippen LogP contribution < -0.4 is 18.8 Å². The van der Waals surface area contributed by atoms with Crippen molar-refractivity contribution in [3.05, 3.63) is 95.4 Å². The Morgan fingerprint density at radius 2 is 1.44 bits per heavy atom. The predicted octanol–water partition coefficient (Wildman–Crippen LogP) is 6.12. The van der Waals surface area contributed by atoms with Crippen LogP contribution in [0.4, 0.5) is 4.39 Å². The minimum atomic E-state index is -0.279. The maximum atomic E-state index is 13.6. The van der Waals surface area contributed by atoms with Crippen LogP contribution in [0.25, 0.3) is 44.3 Å². The van der Waals surface area contributed by atoms with Crippen molar-refractivity contribution in [2.75, 3.05) is 21.3 Å². The Labute approximate surface area is 238 Å². The molecule has 0 saturated carbocycles. The molecule has 7 heteroatoms. The predicted molar refractivity (Wildman–Crippen MR) is 158 cm³/mol. The normalized spacial score (nSPS) is 11.1. The molecular weight excluding hydrogens is 521 g/mol.